The zero-order valence-corrected chi connectivity index (χ0v) is 10.7. The Morgan fingerprint density at radius 2 is 2.44 bits per heavy atom. The lowest BCUT2D eigenvalue weighted by Gasteiger charge is -2.25. The first kappa shape index (κ1) is 12.0. The van der Waals surface area contributed by atoms with Gasteiger partial charge in [0.1, 0.15) is 6.17 Å². The van der Waals surface area contributed by atoms with E-state index in [0.29, 0.717) is 6.42 Å². The van der Waals surface area contributed by atoms with Crippen molar-refractivity contribution in [1.29, 1.82) is 0 Å². The van der Waals surface area contributed by atoms with E-state index in [4.69, 9.17) is 0 Å². The van der Waals surface area contributed by atoms with Crippen LogP contribution in [0.5, 0.6) is 0 Å². The minimum absolute atomic E-state index is 0.152. The molecule has 1 N–H and O–H groups in total. The molecule has 4 heteroatoms. The van der Waals surface area contributed by atoms with E-state index in [0.717, 1.165) is 36.1 Å². The molecule has 1 aromatic heterocycles. The van der Waals surface area contributed by atoms with Gasteiger partial charge in [0.25, 0.3) is 0 Å². The zero-order valence-electron chi connectivity index (χ0n) is 9.13. The van der Waals surface area contributed by atoms with Gasteiger partial charge in [-0.05, 0) is 47.4 Å². The maximum absolute atomic E-state index is 14.0. The van der Waals surface area contributed by atoms with Crippen LogP contribution >= 0.6 is 15.9 Å². The molecule has 2 unspecified atom stereocenters. The minimum atomic E-state index is -0.776. The van der Waals surface area contributed by atoms with E-state index in [-0.39, 0.29) is 5.92 Å². The number of halogens is 2. The Kier molecular flexibility index (Phi) is 4.29. The Bertz CT molecular complexity index is 322. The van der Waals surface area contributed by atoms with Crippen molar-refractivity contribution in [2.24, 2.45) is 5.92 Å². The maximum Gasteiger partial charge on any atom is 0.110 e. The lowest BCUT2D eigenvalue weighted by molar-refractivity contribution is 0.190. The molecule has 1 aromatic rings. The van der Waals surface area contributed by atoms with Crippen LogP contribution in [0.3, 0.4) is 0 Å². The fourth-order valence-corrected chi connectivity index (χ4v) is 2.32. The van der Waals surface area contributed by atoms with Crippen molar-refractivity contribution < 1.29 is 4.39 Å². The average molecular weight is 287 g/mol. The largest absolute Gasteiger partial charge is 0.316 e. The van der Waals surface area contributed by atoms with Crippen molar-refractivity contribution >= 4 is 15.9 Å². The van der Waals surface area contributed by atoms with Crippen LogP contribution in [0, 0.1) is 5.92 Å². The van der Waals surface area contributed by atoms with Crippen LogP contribution in [0.2, 0.25) is 0 Å². The Balaban J connectivity index is 1.90. The number of alkyl halides is 1. The number of hydrogen-bond acceptors (Lipinski definition) is 2. The van der Waals surface area contributed by atoms with Gasteiger partial charge < -0.3 is 5.32 Å². The normalized spacial score (nSPS) is 23.0. The summed E-state index contributed by atoms with van der Waals surface area (Å²) in [5.74, 6) is 0.152. The summed E-state index contributed by atoms with van der Waals surface area (Å²) in [6, 6.07) is 3.79. The molecule has 1 saturated heterocycles. The molecule has 1 aliphatic heterocycles. The highest BCUT2D eigenvalue weighted by Crippen LogP contribution is 2.20. The third-order valence-corrected chi connectivity index (χ3v) is 3.51. The molecule has 2 rings (SSSR count). The second-order valence-electron chi connectivity index (χ2n) is 4.29. The average Bonchev–Trinajstić information content (AvgIpc) is 2.33. The molecule has 0 spiro atoms. The highest BCUT2D eigenvalue weighted by molar-refractivity contribution is 9.10. The summed E-state index contributed by atoms with van der Waals surface area (Å²) in [6.45, 7) is 1.83. The fourth-order valence-electron chi connectivity index (χ4n) is 2.08. The van der Waals surface area contributed by atoms with Crippen LogP contribution in [0.1, 0.15) is 18.5 Å². The van der Waals surface area contributed by atoms with Crippen LogP contribution in [0.15, 0.2) is 22.8 Å². The number of nitrogens with one attached hydrogen (secondary N) is 1. The fraction of sp³-hybridized carbons (Fsp3) is 0.583. The number of aromatic nitrogens is 1. The molecular weight excluding hydrogens is 271 g/mol. The first-order valence-corrected chi connectivity index (χ1v) is 6.50. The molecule has 0 aromatic carbocycles. The van der Waals surface area contributed by atoms with Crippen LogP contribution in [-0.4, -0.2) is 24.2 Å². The van der Waals surface area contributed by atoms with Crippen molar-refractivity contribution in [1.82, 2.24) is 10.3 Å². The molecule has 1 fully saturated rings. The highest BCUT2D eigenvalue weighted by atomic mass is 79.9. The van der Waals surface area contributed by atoms with E-state index in [2.05, 4.69) is 26.2 Å². The molecule has 1 aliphatic rings. The summed E-state index contributed by atoms with van der Waals surface area (Å²) in [6.07, 6.45) is 3.45. The van der Waals surface area contributed by atoms with Crippen LogP contribution in [0.25, 0.3) is 0 Å². The van der Waals surface area contributed by atoms with Gasteiger partial charge in [0, 0.05) is 35.2 Å². The molecule has 2 heterocycles. The lowest BCUT2D eigenvalue weighted by atomic mass is 9.92. The smallest absolute Gasteiger partial charge is 0.110 e. The number of nitrogens with zero attached hydrogens (tertiary/aromatic N) is 1. The second-order valence-corrected chi connectivity index (χ2v) is 5.21. The SMILES string of the molecule is FC(Cc1ccc(Br)cn1)C1CCCNC1. The number of hydrogen-bond donors (Lipinski definition) is 1. The molecule has 88 valence electrons. The van der Waals surface area contributed by atoms with Gasteiger partial charge in [-0.2, -0.15) is 0 Å². The van der Waals surface area contributed by atoms with Gasteiger partial charge in [-0.1, -0.05) is 0 Å². The zero-order chi connectivity index (χ0) is 11.4. The highest BCUT2D eigenvalue weighted by Gasteiger charge is 2.23. The molecule has 0 saturated carbocycles. The molecule has 0 aliphatic carbocycles. The number of pyridine rings is 1. The molecule has 0 amide bonds. The van der Waals surface area contributed by atoms with Gasteiger partial charge >= 0.3 is 0 Å². The topological polar surface area (TPSA) is 24.9 Å². The van der Waals surface area contributed by atoms with Crippen LogP contribution in [-0.2, 0) is 6.42 Å². The predicted molar refractivity (Wildman–Crippen MR) is 66.1 cm³/mol. The van der Waals surface area contributed by atoms with E-state index in [9.17, 15) is 4.39 Å². The molecule has 2 atom stereocenters. The van der Waals surface area contributed by atoms with E-state index >= 15 is 0 Å². The molecule has 0 radical (unpaired) electrons. The van der Waals surface area contributed by atoms with Crippen molar-refractivity contribution in [2.75, 3.05) is 13.1 Å². The Hall–Kier alpha value is -0.480. The predicted octanol–water partition coefficient (Wildman–Crippen LogP) is 2.72. The van der Waals surface area contributed by atoms with Crippen molar-refractivity contribution in [3.63, 3.8) is 0 Å². The third kappa shape index (κ3) is 3.25. The van der Waals surface area contributed by atoms with E-state index < -0.39 is 6.17 Å². The number of piperidine rings is 1. The molecule has 0 bridgehead atoms. The first-order valence-electron chi connectivity index (χ1n) is 5.71. The molecular formula is C12H16BrFN2. The number of rotatable bonds is 3. The minimum Gasteiger partial charge on any atom is -0.316 e. The third-order valence-electron chi connectivity index (χ3n) is 3.04. The summed E-state index contributed by atoms with van der Waals surface area (Å²) in [7, 11) is 0. The van der Waals surface area contributed by atoms with Crippen LogP contribution < -0.4 is 5.32 Å². The Morgan fingerprint density at radius 3 is 3.06 bits per heavy atom. The lowest BCUT2D eigenvalue weighted by Crippen LogP contribution is -2.35. The summed E-state index contributed by atoms with van der Waals surface area (Å²) in [5, 5.41) is 3.24. The first-order chi connectivity index (χ1) is 7.75. The van der Waals surface area contributed by atoms with Gasteiger partial charge in [0.05, 0.1) is 0 Å². The Morgan fingerprint density at radius 1 is 1.56 bits per heavy atom. The summed E-state index contributed by atoms with van der Waals surface area (Å²) in [4.78, 5) is 4.21. The monoisotopic (exact) mass is 286 g/mol. The van der Waals surface area contributed by atoms with E-state index in [1.54, 1.807) is 6.20 Å². The van der Waals surface area contributed by atoms with Gasteiger partial charge in [0.15, 0.2) is 0 Å². The van der Waals surface area contributed by atoms with Gasteiger partial charge in [0.2, 0.25) is 0 Å². The van der Waals surface area contributed by atoms with Gasteiger partial charge in [-0.25, -0.2) is 4.39 Å². The summed E-state index contributed by atoms with van der Waals surface area (Å²) < 4.78 is 14.9. The van der Waals surface area contributed by atoms with Crippen molar-refractivity contribution in [3.8, 4) is 0 Å². The van der Waals surface area contributed by atoms with Crippen molar-refractivity contribution in [3.05, 3.63) is 28.5 Å². The maximum atomic E-state index is 14.0. The van der Waals surface area contributed by atoms with Crippen LogP contribution in [0.4, 0.5) is 4.39 Å². The molecule has 2 nitrogen and oxygen atoms in total. The van der Waals surface area contributed by atoms with Crippen molar-refractivity contribution in [2.45, 2.75) is 25.4 Å². The standard InChI is InChI=1S/C12H16BrFN2/c13-10-3-4-11(16-8-10)6-12(14)9-2-1-5-15-7-9/h3-4,8-9,12,15H,1-2,5-7H2. The van der Waals surface area contributed by atoms with E-state index in [1.807, 2.05) is 12.1 Å². The quantitative estimate of drug-likeness (QED) is 0.924. The second kappa shape index (κ2) is 5.73. The van der Waals surface area contributed by atoms with E-state index in [1.165, 1.54) is 0 Å². The molecule has 16 heavy (non-hydrogen) atoms. The Labute approximate surface area is 104 Å². The summed E-state index contributed by atoms with van der Waals surface area (Å²) in [5.41, 5.74) is 0.835. The van der Waals surface area contributed by atoms with Gasteiger partial charge in [-0.3, -0.25) is 4.98 Å². The van der Waals surface area contributed by atoms with Gasteiger partial charge in [-0.15, -0.1) is 0 Å². The summed E-state index contributed by atoms with van der Waals surface area (Å²) >= 11 is 3.32.